The molecule has 5 rings (SSSR count). The SMILES string of the molecule is O=C(O)c1ccc(CNC(=O)c2cc(C(=O)NCc3ccc4oc(=O)[nH]c4c3)nc3ccnn23)cc1. The van der Waals surface area contributed by atoms with Gasteiger partial charge in [0.1, 0.15) is 11.4 Å². The van der Waals surface area contributed by atoms with Crippen LogP contribution < -0.4 is 16.4 Å². The van der Waals surface area contributed by atoms with Gasteiger partial charge in [-0.25, -0.2) is 19.1 Å². The number of nitrogens with one attached hydrogen (secondary N) is 3. The molecule has 0 aliphatic heterocycles. The van der Waals surface area contributed by atoms with E-state index >= 15 is 0 Å². The molecule has 180 valence electrons. The van der Waals surface area contributed by atoms with Crippen LogP contribution in [0.3, 0.4) is 0 Å². The van der Waals surface area contributed by atoms with E-state index in [1.54, 1.807) is 36.4 Å². The molecule has 3 aromatic heterocycles. The highest BCUT2D eigenvalue weighted by molar-refractivity contribution is 5.98. The van der Waals surface area contributed by atoms with E-state index in [2.05, 4.69) is 25.7 Å². The Kier molecular flexibility index (Phi) is 5.74. The maximum absolute atomic E-state index is 12.9. The van der Waals surface area contributed by atoms with Crippen molar-refractivity contribution in [2.45, 2.75) is 13.1 Å². The number of amides is 2. The van der Waals surface area contributed by atoms with Crippen molar-refractivity contribution in [2.24, 2.45) is 0 Å². The number of carbonyl (C=O) groups excluding carboxylic acids is 2. The minimum absolute atomic E-state index is 0.0248. The molecule has 2 amide bonds. The van der Waals surface area contributed by atoms with E-state index in [-0.39, 0.29) is 30.0 Å². The van der Waals surface area contributed by atoms with Crippen LogP contribution in [0.2, 0.25) is 0 Å². The van der Waals surface area contributed by atoms with Crippen molar-refractivity contribution in [3.8, 4) is 0 Å². The number of aromatic carboxylic acids is 1. The Morgan fingerprint density at radius 3 is 2.44 bits per heavy atom. The first-order valence-electron chi connectivity index (χ1n) is 10.7. The van der Waals surface area contributed by atoms with Crippen molar-refractivity contribution in [1.29, 1.82) is 0 Å². The van der Waals surface area contributed by atoms with Crippen molar-refractivity contribution in [3.05, 3.63) is 99.4 Å². The molecule has 0 unspecified atom stereocenters. The highest BCUT2D eigenvalue weighted by Crippen LogP contribution is 2.13. The van der Waals surface area contributed by atoms with Crippen LogP contribution in [0, 0.1) is 0 Å². The molecule has 0 aliphatic carbocycles. The van der Waals surface area contributed by atoms with Gasteiger partial charge in [0.15, 0.2) is 11.2 Å². The summed E-state index contributed by atoms with van der Waals surface area (Å²) >= 11 is 0. The molecule has 2 aromatic carbocycles. The Balaban J connectivity index is 1.31. The molecule has 12 heteroatoms. The molecule has 0 bridgehead atoms. The van der Waals surface area contributed by atoms with E-state index in [1.165, 1.54) is 28.9 Å². The number of carboxylic acid groups (broad SMARTS) is 1. The number of hydrogen-bond acceptors (Lipinski definition) is 7. The fraction of sp³-hybridized carbons (Fsp3) is 0.0833. The number of H-pyrrole nitrogens is 1. The molecular formula is C24H18N6O6. The van der Waals surface area contributed by atoms with Gasteiger partial charge in [0.25, 0.3) is 11.8 Å². The van der Waals surface area contributed by atoms with Gasteiger partial charge in [-0.1, -0.05) is 18.2 Å². The summed E-state index contributed by atoms with van der Waals surface area (Å²) in [7, 11) is 0. The molecule has 0 fully saturated rings. The lowest BCUT2D eigenvalue weighted by Crippen LogP contribution is -2.28. The molecule has 0 atom stereocenters. The molecule has 3 heterocycles. The summed E-state index contributed by atoms with van der Waals surface area (Å²) < 4.78 is 6.29. The van der Waals surface area contributed by atoms with Crippen molar-refractivity contribution in [1.82, 2.24) is 30.2 Å². The first-order valence-corrected chi connectivity index (χ1v) is 10.7. The van der Waals surface area contributed by atoms with Crippen LogP contribution >= 0.6 is 0 Å². The molecule has 0 saturated carbocycles. The summed E-state index contributed by atoms with van der Waals surface area (Å²) in [6, 6.07) is 14.1. The molecule has 12 nitrogen and oxygen atoms in total. The lowest BCUT2D eigenvalue weighted by Gasteiger charge is -2.10. The van der Waals surface area contributed by atoms with Gasteiger partial charge in [-0.3, -0.25) is 14.6 Å². The van der Waals surface area contributed by atoms with Gasteiger partial charge < -0.3 is 20.2 Å². The number of nitrogens with zero attached hydrogens (tertiary/aromatic N) is 3. The summed E-state index contributed by atoms with van der Waals surface area (Å²) in [5.41, 5.74) is 2.95. The largest absolute Gasteiger partial charge is 0.478 e. The molecule has 0 saturated heterocycles. The number of carbonyl (C=O) groups is 3. The van der Waals surface area contributed by atoms with Crippen LogP contribution in [-0.4, -0.2) is 42.5 Å². The van der Waals surface area contributed by atoms with Crippen molar-refractivity contribution in [2.75, 3.05) is 0 Å². The second kappa shape index (κ2) is 9.18. The maximum Gasteiger partial charge on any atom is 0.417 e. The number of aromatic nitrogens is 4. The predicted octanol–water partition coefficient (Wildman–Crippen LogP) is 1.72. The van der Waals surface area contributed by atoms with Crippen LogP contribution in [0.1, 0.15) is 42.5 Å². The predicted molar refractivity (Wildman–Crippen MR) is 126 cm³/mol. The zero-order chi connectivity index (χ0) is 25.2. The number of hydrogen-bond donors (Lipinski definition) is 4. The quantitative estimate of drug-likeness (QED) is 0.269. The third-order valence-corrected chi connectivity index (χ3v) is 5.42. The summed E-state index contributed by atoms with van der Waals surface area (Å²) in [5.74, 6) is -2.59. The van der Waals surface area contributed by atoms with Gasteiger partial charge in [0.2, 0.25) is 0 Å². The lowest BCUT2D eigenvalue weighted by molar-refractivity contribution is 0.0696. The summed E-state index contributed by atoms with van der Waals surface area (Å²) in [6.07, 6.45) is 1.46. The fourth-order valence-corrected chi connectivity index (χ4v) is 3.61. The van der Waals surface area contributed by atoms with Gasteiger partial charge in [0, 0.05) is 25.2 Å². The number of fused-ring (bicyclic) bond motifs is 2. The van der Waals surface area contributed by atoms with E-state index in [4.69, 9.17) is 9.52 Å². The fourth-order valence-electron chi connectivity index (χ4n) is 3.61. The molecule has 0 aliphatic rings. The second-order valence-corrected chi connectivity index (χ2v) is 7.84. The van der Waals surface area contributed by atoms with E-state index in [1.807, 2.05) is 0 Å². The van der Waals surface area contributed by atoms with Crippen LogP contribution in [-0.2, 0) is 13.1 Å². The Hall–Kier alpha value is -5.26. The number of benzene rings is 2. The molecule has 36 heavy (non-hydrogen) atoms. The molecule has 4 N–H and O–H groups in total. The zero-order valence-corrected chi connectivity index (χ0v) is 18.5. The normalized spacial score (nSPS) is 11.0. The van der Waals surface area contributed by atoms with Crippen LogP contribution in [0.15, 0.2) is 70.0 Å². The number of aromatic amines is 1. The Morgan fingerprint density at radius 2 is 1.67 bits per heavy atom. The standard InChI is InChI=1S/C24H18N6O6/c31-21(25-12-14-3-6-19-16(9-14)29-24(35)36-19)17-10-18(30-20(28-17)7-8-27-30)22(32)26-11-13-1-4-15(5-2-13)23(33)34/h1-10H,11-12H2,(H,25,31)(H,26,32)(H,29,35)(H,33,34). The van der Waals surface area contributed by atoms with Crippen LogP contribution in [0.4, 0.5) is 0 Å². The van der Waals surface area contributed by atoms with E-state index in [9.17, 15) is 19.2 Å². The molecular weight excluding hydrogens is 468 g/mol. The first-order chi connectivity index (χ1) is 17.4. The number of rotatable bonds is 7. The third kappa shape index (κ3) is 4.55. The number of oxazole rings is 1. The van der Waals surface area contributed by atoms with E-state index in [0.717, 1.165) is 5.56 Å². The summed E-state index contributed by atoms with van der Waals surface area (Å²) in [5, 5.41) is 18.6. The van der Waals surface area contributed by atoms with Crippen molar-refractivity contribution in [3.63, 3.8) is 0 Å². The van der Waals surface area contributed by atoms with Crippen molar-refractivity contribution < 1.29 is 23.9 Å². The van der Waals surface area contributed by atoms with Crippen LogP contribution in [0.25, 0.3) is 16.7 Å². The molecule has 5 aromatic rings. The third-order valence-electron chi connectivity index (χ3n) is 5.42. The lowest BCUT2D eigenvalue weighted by atomic mass is 10.1. The monoisotopic (exact) mass is 486 g/mol. The smallest absolute Gasteiger partial charge is 0.417 e. The van der Waals surface area contributed by atoms with Gasteiger partial charge in [-0.05, 0) is 35.4 Å². The zero-order valence-electron chi connectivity index (χ0n) is 18.5. The van der Waals surface area contributed by atoms with E-state index in [0.29, 0.717) is 22.3 Å². The second-order valence-electron chi connectivity index (χ2n) is 7.84. The maximum atomic E-state index is 12.9. The van der Waals surface area contributed by atoms with Crippen LogP contribution in [0.5, 0.6) is 0 Å². The minimum Gasteiger partial charge on any atom is -0.478 e. The highest BCUT2D eigenvalue weighted by atomic mass is 16.4. The Bertz CT molecular complexity index is 1680. The Labute approximate surface area is 201 Å². The van der Waals surface area contributed by atoms with E-state index < -0.39 is 23.5 Å². The van der Waals surface area contributed by atoms with Gasteiger partial charge in [-0.15, -0.1) is 0 Å². The Morgan fingerprint density at radius 1 is 0.944 bits per heavy atom. The van der Waals surface area contributed by atoms with Gasteiger partial charge >= 0.3 is 11.7 Å². The highest BCUT2D eigenvalue weighted by Gasteiger charge is 2.18. The average Bonchev–Trinajstić information content (AvgIpc) is 3.50. The summed E-state index contributed by atoms with van der Waals surface area (Å²) in [6.45, 7) is 0.298. The topological polar surface area (TPSA) is 172 Å². The summed E-state index contributed by atoms with van der Waals surface area (Å²) in [4.78, 5) is 54.9. The molecule has 0 radical (unpaired) electrons. The van der Waals surface area contributed by atoms with Gasteiger partial charge in [-0.2, -0.15) is 5.10 Å². The average molecular weight is 486 g/mol. The first kappa shape index (κ1) is 22.5. The van der Waals surface area contributed by atoms with Crippen molar-refractivity contribution >= 4 is 34.5 Å². The number of carboxylic acids is 1. The van der Waals surface area contributed by atoms with Gasteiger partial charge in [0.05, 0.1) is 17.3 Å². The minimum atomic E-state index is -1.04. The molecule has 0 spiro atoms.